The zero-order chi connectivity index (χ0) is 13.0. The fourth-order valence-corrected chi connectivity index (χ4v) is 2.07. The molecule has 0 saturated heterocycles. The Bertz CT molecular complexity index is 449. The molecule has 0 bridgehead atoms. The fraction of sp³-hybridized carbons (Fsp3) is 0.385. The van der Waals surface area contributed by atoms with Crippen molar-refractivity contribution in [3.05, 3.63) is 41.4 Å². The molecule has 98 valence electrons. The molecular formula is C13H17FN2O2. The van der Waals surface area contributed by atoms with Crippen LogP contribution in [-0.4, -0.2) is 13.7 Å². The van der Waals surface area contributed by atoms with Crippen molar-refractivity contribution < 1.29 is 13.9 Å². The van der Waals surface area contributed by atoms with Gasteiger partial charge in [0.2, 0.25) is 0 Å². The van der Waals surface area contributed by atoms with Crippen LogP contribution in [0.25, 0.3) is 0 Å². The van der Waals surface area contributed by atoms with E-state index in [1.54, 1.807) is 18.4 Å². The number of rotatable bonds is 4. The van der Waals surface area contributed by atoms with Crippen molar-refractivity contribution in [3.63, 3.8) is 0 Å². The van der Waals surface area contributed by atoms with Crippen LogP contribution in [0.4, 0.5) is 4.39 Å². The van der Waals surface area contributed by atoms with E-state index in [0.29, 0.717) is 0 Å². The summed E-state index contributed by atoms with van der Waals surface area (Å²) in [6.07, 6.45) is 3.60. The number of methoxy groups -OCH3 is 1. The molecule has 0 aliphatic carbocycles. The largest absolute Gasteiger partial charge is 0.501 e. The summed E-state index contributed by atoms with van der Waals surface area (Å²) in [7, 11) is 1.44. The smallest absolute Gasteiger partial charge is 0.165 e. The summed E-state index contributed by atoms with van der Waals surface area (Å²) in [6.45, 7) is 0.730. The minimum atomic E-state index is -0.383. The number of hydrogen-bond donors (Lipinski definition) is 2. The van der Waals surface area contributed by atoms with Gasteiger partial charge in [-0.25, -0.2) is 9.82 Å². The van der Waals surface area contributed by atoms with E-state index in [4.69, 9.17) is 15.3 Å². The Morgan fingerprint density at radius 2 is 2.33 bits per heavy atom. The summed E-state index contributed by atoms with van der Waals surface area (Å²) in [5, 5.41) is 0. The minimum Gasteiger partial charge on any atom is -0.501 e. The molecule has 1 aromatic rings. The normalized spacial score (nSPS) is 16.7. The molecule has 0 spiro atoms. The highest BCUT2D eigenvalue weighted by Gasteiger charge is 2.19. The van der Waals surface area contributed by atoms with E-state index in [1.165, 1.54) is 13.2 Å². The molecule has 1 aliphatic heterocycles. The third kappa shape index (κ3) is 2.63. The van der Waals surface area contributed by atoms with Crippen molar-refractivity contribution in [2.24, 2.45) is 5.84 Å². The van der Waals surface area contributed by atoms with Gasteiger partial charge in [-0.3, -0.25) is 5.84 Å². The molecule has 1 heterocycles. The zero-order valence-electron chi connectivity index (χ0n) is 10.3. The first-order chi connectivity index (χ1) is 8.76. The zero-order valence-corrected chi connectivity index (χ0v) is 10.3. The average molecular weight is 252 g/mol. The van der Waals surface area contributed by atoms with Gasteiger partial charge < -0.3 is 9.47 Å². The summed E-state index contributed by atoms with van der Waals surface area (Å²) < 4.78 is 23.6. The second-order valence-electron chi connectivity index (χ2n) is 4.16. The van der Waals surface area contributed by atoms with Crippen molar-refractivity contribution >= 4 is 0 Å². The molecular weight excluding hydrogens is 235 g/mol. The Morgan fingerprint density at radius 3 is 2.94 bits per heavy atom. The van der Waals surface area contributed by atoms with Gasteiger partial charge in [-0.1, -0.05) is 6.07 Å². The Hall–Kier alpha value is -1.59. The maximum Gasteiger partial charge on any atom is 0.165 e. The summed E-state index contributed by atoms with van der Waals surface area (Å²) in [4.78, 5) is 0. The van der Waals surface area contributed by atoms with E-state index < -0.39 is 0 Å². The van der Waals surface area contributed by atoms with Gasteiger partial charge in [-0.15, -0.1) is 0 Å². The van der Waals surface area contributed by atoms with Gasteiger partial charge in [0.05, 0.1) is 26.0 Å². The number of nitrogens with two attached hydrogens (primary N) is 1. The highest BCUT2D eigenvalue weighted by atomic mass is 19.1. The Labute approximate surface area is 106 Å². The highest BCUT2D eigenvalue weighted by Crippen LogP contribution is 2.30. The van der Waals surface area contributed by atoms with Gasteiger partial charge in [0, 0.05) is 0 Å². The lowest BCUT2D eigenvalue weighted by atomic mass is 9.95. The number of hydrogen-bond acceptors (Lipinski definition) is 4. The highest BCUT2D eigenvalue weighted by molar-refractivity contribution is 5.36. The molecule has 0 aromatic heterocycles. The Morgan fingerprint density at radius 1 is 1.50 bits per heavy atom. The van der Waals surface area contributed by atoms with E-state index in [2.05, 4.69) is 5.43 Å². The minimum absolute atomic E-state index is 0.181. The molecule has 3 N–H and O–H groups in total. The maximum absolute atomic E-state index is 13.4. The van der Waals surface area contributed by atoms with E-state index >= 15 is 0 Å². The van der Waals surface area contributed by atoms with Crippen LogP contribution in [-0.2, 0) is 4.74 Å². The van der Waals surface area contributed by atoms with Crippen molar-refractivity contribution in [1.82, 2.24) is 5.43 Å². The lowest BCUT2D eigenvalue weighted by Gasteiger charge is -2.23. The lowest BCUT2D eigenvalue weighted by molar-refractivity contribution is 0.219. The predicted molar refractivity (Wildman–Crippen MR) is 66.3 cm³/mol. The second-order valence-corrected chi connectivity index (χ2v) is 4.16. The van der Waals surface area contributed by atoms with Crippen LogP contribution >= 0.6 is 0 Å². The van der Waals surface area contributed by atoms with Crippen LogP contribution in [0.5, 0.6) is 5.75 Å². The molecule has 1 unspecified atom stereocenters. The maximum atomic E-state index is 13.4. The molecule has 1 aromatic carbocycles. The molecule has 18 heavy (non-hydrogen) atoms. The van der Waals surface area contributed by atoms with Gasteiger partial charge in [0.15, 0.2) is 11.6 Å². The standard InChI is InChI=1S/C13H17FN2O2/c1-17-12-7-9(4-5-11(12)14)13(16-15)10-3-2-6-18-8-10/h4-5,7-8,13,16H,2-3,6,15H2,1H3. The third-order valence-corrected chi connectivity index (χ3v) is 3.01. The molecule has 2 rings (SSSR count). The van der Waals surface area contributed by atoms with Crippen LogP contribution in [0.2, 0.25) is 0 Å². The van der Waals surface area contributed by atoms with E-state index in [0.717, 1.165) is 30.6 Å². The topological polar surface area (TPSA) is 56.5 Å². The number of benzene rings is 1. The third-order valence-electron chi connectivity index (χ3n) is 3.01. The monoisotopic (exact) mass is 252 g/mol. The molecule has 1 atom stereocenters. The van der Waals surface area contributed by atoms with Crippen molar-refractivity contribution in [2.75, 3.05) is 13.7 Å². The molecule has 5 heteroatoms. The molecule has 0 fully saturated rings. The molecule has 0 radical (unpaired) electrons. The SMILES string of the molecule is COc1cc(C(NN)C2=COCCC2)ccc1F. The molecule has 0 saturated carbocycles. The first-order valence-corrected chi connectivity index (χ1v) is 5.86. The number of halogens is 1. The van der Waals surface area contributed by atoms with Gasteiger partial charge in [0.25, 0.3) is 0 Å². The molecule has 1 aliphatic rings. The quantitative estimate of drug-likeness (QED) is 0.636. The molecule has 0 amide bonds. The first-order valence-electron chi connectivity index (χ1n) is 5.86. The van der Waals surface area contributed by atoms with Gasteiger partial charge in [-0.2, -0.15) is 0 Å². The number of hydrazine groups is 1. The number of ether oxygens (including phenoxy) is 2. The van der Waals surface area contributed by atoms with Crippen molar-refractivity contribution in [1.29, 1.82) is 0 Å². The van der Waals surface area contributed by atoms with Crippen molar-refractivity contribution in [3.8, 4) is 5.75 Å². The van der Waals surface area contributed by atoms with Crippen LogP contribution in [0.3, 0.4) is 0 Å². The Kier molecular flexibility index (Phi) is 4.17. The van der Waals surface area contributed by atoms with E-state index in [1.807, 2.05) is 0 Å². The van der Waals surface area contributed by atoms with E-state index in [-0.39, 0.29) is 17.6 Å². The van der Waals surface area contributed by atoms with E-state index in [9.17, 15) is 4.39 Å². The van der Waals surface area contributed by atoms with Crippen LogP contribution < -0.4 is 16.0 Å². The summed E-state index contributed by atoms with van der Waals surface area (Å²) in [5.41, 5.74) is 4.64. The fourth-order valence-electron chi connectivity index (χ4n) is 2.07. The lowest BCUT2D eigenvalue weighted by Crippen LogP contribution is -2.30. The Balaban J connectivity index is 2.29. The summed E-state index contributed by atoms with van der Waals surface area (Å²) in [6, 6.07) is 4.54. The summed E-state index contributed by atoms with van der Waals surface area (Å²) in [5.74, 6) is 5.41. The van der Waals surface area contributed by atoms with Crippen molar-refractivity contribution in [2.45, 2.75) is 18.9 Å². The average Bonchev–Trinajstić information content (AvgIpc) is 2.42. The first kappa shape index (κ1) is 12.9. The van der Waals surface area contributed by atoms with Crippen LogP contribution in [0, 0.1) is 5.82 Å². The van der Waals surface area contributed by atoms with Gasteiger partial charge in [0.1, 0.15) is 0 Å². The molecule has 4 nitrogen and oxygen atoms in total. The van der Waals surface area contributed by atoms with Crippen LogP contribution in [0.1, 0.15) is 24.4 Å². The predicted octanol–water partition coefficient (Wildman–Crippen LogP) is 2.03. The van der Waals surface area contributed by atoms with Crippen LogP contribution in [0.15, 0.2) is 30.0 Å². The second kappa shape index (κ2) is 5.84. The summed E-state index contributed by atoms with van der Waals surface area (Å²) >= 11 is 0. The number of nitrogens with one attached hydrogen (secondary N) is 1. The van der Waals surface area contributed by atoms with Gasteiger partial charge in [-0.05, 0) is 36.1 Å². The van der Waals surface area contributed by atoms with Gasteiger partial charge >= 0.3 is 0 Å².